The Balaban J connectivity index is 2.60. The number of carboxylic acids is 1. The number of carbonyl (C=O) groups is 2. The molecule has 0 saturated carbocycles. The van der Waals surface area contributed by atoms with Gasteiger partial charge in [-0.2, -0.15) is 0 Å². The molecule has 0 radical (unpaired) electrons. The predicted octanol–water partition coefficient (Wildman–Crippen LogP) is -0.267. The first-order valence-corrected chi connectivity index (χ1v) is 5.44. The van der Waals surface area contributed by atoms with Crippen LogP contribution in [0.15, 0.2) is 18.2 Å². The first kappa shape index (κ1) is 14.6. The molecule has 1 rings (SSSR count). The molecule has 19 heavy (non-hydrogen) atoms. The zero-order valence-electron chi connectivity index (χ0n) is 9.96. The molecule has 8 heteroatoms. The second-order valence-corrected chi connectivity index (χ2v) is 3.90. The van der Waals surface area contributed by atoms with E-state index >= 15 is 0 Å². The number of rotatable bonds is 7. The van der Waals surface area contributed by atoms with Crippen LogP contribution in [0.3, 0.4) is 0 Å². The molecule has 0 fully saturated rings. The molecule has 0 aliphatic carbocycles. The highest BCUT2D eigenvalue weighted by Crippen LogP contribution is 2.23. The summed E-state index contributed by atoms with van der Waals surface area (Å²) < 4.78 is 0. The Hall–Kier alpha value is -2.48. The maximum Gasteiger partial charge on any atom is 0.322 e. The molecular formula is C11H15N3O5. The van der Waals surface area contributed by atoms with Crippen LogP contribution in [-0.2, 0) is 9.59 Å². The molecule has 1 amide bonds. The van der Waals surface area contributed by atoms with Gasteiger partial charge in [0.1, 0.15) is 17.5 Å². The standard InChI is InChI=1S/C11H15N3O5/c12-10(17)2-1-9(11(18)19)14-13-6-3-7(15)5-8(16)4-6/h3-5,9,13-16H,1-2H2,(H2,12,17)(H,18,19). The number of anilines is 1. The minimum absolute atomic E-state index is 0.0163. The number of nitrogens with one attached hydrogen (secondary N) is 2. The number of aromatic hydroxyl groups is 2. The Kier molecular flexibility index (Phi) is 4.95. The second kappa shape index (κ2) is 6.45. The zero-order valence-corrected chi connectivity index (χ0v) is 9.96. The van der Waals surface area contributed by atoms with Crippen LogP contribution < -0.4 is 16.6 Å². The molecule has 0 heterocycles. The van der Waals surface area contributed by atoms with Crippen molar-refractivity contribution in [2.45, 2.75) is 18.9 Å². The molecule has 1 atom stereocenters. The molecule has 0 spiro atoms. The van der Waals surface area contributed by atoms with E-state index in [1.807, 2.05) is 0 Å². The fraction of sp³-hybridized carbons (Fsp3) is 0.273. The molecule has 0 saturated heterocycles. The van der Waals surface area contributed by atoms with Crippen molar-refractivity contribution in [3.05, 3.63) is 18.2 Å². The van der Waals surface area contributed by atoms with Crippen molar-refractivity contribution in [1.29, 1.82) is 0 Å². The van der Waals surface area contributed by atoms with E-state index in [1.54, 1.807) is 0 Å². The lowest BCUT2D eigenvalue weighted by Gasteiger charge is -2.15. The topological polar surface area (TPSA) is 145 Å². The third kappa shape index (κ3) is 5.13. The fourth-order valence-electron chi connectivity index (χ4n) is 1.38. The van der Waals surface area contributed by atoms with Crippen molar-refractivity contribution in [3.8, 4) is 11.5 Å². The third-order valence-electron chi connectivity index (χ3n) is 2.27. The number of amides is 1. The number of hydrogen-bond acceptors (Lipinski definition) is 6. The monoisotopic (exact) mass is 269 g/mol. The van der Waals surface area contributed by atoms with Gasteiger partial charge in [-0.1, -0.05) is 0 Å². The van der Waals surface area contributed by atoms with Gasteiger partial charge in [0.2, 0.25) is 5.91 Å². The highest BCUT2D eigenvalue weighted by Gasteiger charge is 2.17. The summed E-state index contributed by atoms with van der Waals surface area (Å²) >= 11 is 0. The van der Waals surface area contributed by atoms with Crippen molar-refractivity contribution in [1.82, 2.24) is 5.43 Å². The minimum atomic E-state index is -1.15. The van der Waals surface area contributed by atoms with Crippen molar-refractivity contribution in [3.63, 3.8) is 0 Å². The summed E-state index contributed by atoms with van der Waals surface area (Å²) in [5.74, 6) is -2.09. The van der Waals surface area contributed by atoms with Gasteiger partial charge in [-0.05, 0) is 6.42 Å². The van der Waals surface area contributed by atoms with E-state index in [4.69, 9.17) is 10.8 Å². The van der Waals surface area contributed by atoms with Crippen molar-refractivity contribution in [2.75, 3.05) is 5.43 Å². The Morgan fingerprint density at radius 3 is 2.26 bits per heavy atom. The summed E-state index contributed by atoms with van der Waals surface area (Å²) in [7, 11) is 0. The van der Waals surface area contributed by atoms with Crippen LogP contribution in [0.4, 0.5) is 5.69 Å². The fourth-order valence-corrected chi connectivity index (χ4v) is 1.38. The number of nitrogens with two attached hydrogens (primary N) is 1. The van der Waals surface area contributed by atoms with Gasteiger partial charge >= 0.3 is 5.97 Å². The summed E-state index contributed by atoms with van der Waals surface area (Å²) in [5.41, 5.74) is 10.2. The number of carboxylic acid groups (broad SMARTS) is 1. The smallest absolute Gasteiger partial charge is 0.322 e. The lowest BCUT2D eigenvalue weighted by Crippen LogP contribution is -2.41. The molecule has 0 bridgehead atoms. The molecule has 1 aromatic rings. The number of phenols is 2. The summed E-state index contributed by atoms with van der Waals surface area (Å²) in [4.78, 5) is 21.5. The molecule has 7 N–H and O–H groups in total. The Labute approximate surface area is 108 Å². The average molecular weight is 269 g/mol. The van der Waals surface area contributed by atoms with E-state index < -0.39 is 17.9 Å². The molecule has 8 nitrogen and oxygen atoms in total. The summed E-state index contributed by atoms with van der Waals surface area (Å²) in [6.07, 6.45) is -0.0561. The molecule has 104 valence electrons. The van der Waals surface area contributed by atoms with Gasteiger partial charge in [-0.15, -0.1) is 0 Å². The maximum absolute atomic E-state index is 10.9. The Morgan fingerprint density at radius 1 is 1.21 bits per heavy atom. The first-order chi connectivity index (χ1) is 8.88. The van der Waals surface area contributed by atoms with Crippen LogP contribution in [-0.4, -0.2) is 33.2 Å². The zero-order chi connectivity index (χ0) is 14.4. The van der Waals surface area contributed by atoms with Gasteiger partial charge in [0.05, 0.1) is 5.69 Å². The minimum Gasteiger partial charge on any atom is -0.508 e. The van der Waals surface area contributed by atoms with Crippen LogP contribution >= 0.6 is 0 Å². The van der Waals surface area contributed by atoms with Crippen molar-refractivity contribution in [2.24, 2.45) is 5.73 Å². The molecular weight excluding hydrogens is 254 g/mol. The normalized spacial score (nSPS) is 11.8. The predicted molar refractivity (Wildman–Crippen MR) is 66.4 cm³/mol. The number of hydrazine groups is 1. The van der Waals surface area contributed by atoms with E-state index in [1.165, 1.54) is 12.1 Å². The van der Waals surface area contributed by atoms with Crippen LogP contribution in [0, 0.1) is 0 Å². The first-order valence-electron chi connectivity index (χ1n) is 5.44. The van der Waals surface area contributed by atoms with Crippen LogP contribution in [0.5, 0.6) is 11.5 Å². The lowest BCUT2D eigenvalue weighted by molar-refractivity contribution is -0.139. The molecule has 0 aliphatic rings. The van der Waals surface area contributed by atoms with E-state index in [0.717, 1.165) is 6.07 Å². The van der Waals surface area contributed by atoms with Gasteiger partial charge in [0.25, 0.3) is 0 Å². The maximum atomic E-state index is 10.9. The highest BCUT2D eigenvalue weighted by atomic mass is 16.4. The van der Waals surface area contributed by atoms with Crippen molar-refractivity contribution >= 4 is 17.6 Å². The SMILES string of the molecule is NC(=O)CCC(NNc1cc(O)cc(O)c1)C(=O)O. The second-order valence-electron chi connectivity index (χ2n) is 3.90. The van der Waals surface area contributed by atoms with Crippen molar-refractivity contribution < 1.29 is 24.9 Å². The van der Waals surface area contributed by atoms with E-state index in [0.29, 0.717) is 0 Å². The van der Waals surface area contributed by atoms with E-state index in [-0.39, 0.29) is 30.0 Å². The summed E-state index contributed by atoms with van der Waals surface area (Å²) in [6.45, 7) is 0. The largest absolute Gasteiger partial charge is 0.508 e. The molecule has 0 aromatic heterocycles. The number of primary amides is 1. The van der Waals surface area contributed by atoms with Gasteiger partial charge in [0, 0.05) is 24.6 Å². The molecule has 0 aliphatic heterocycles. The quantitative estimate of drug-likeness (QED) is 0.374. The van der Waals surface area contributed by atoms with Crippen LogP contribution in [0.2, 0.25) is 0 Å². The summed E-state index contributed by atoms with van der Waals surface area (Å²) in [6, 6.07) is 2.68. The number of carbonyl (C=O) groups excluding carboxylic acids is 1. The van der Waals surface area contributed by atoms with E-state index in [9.17, 15) is 19.8 Å². The van der Waals surface area contributed by atoms with Gasteiger partial charge in [0.15, 0.2) is 0 Å². The van der Waals surface area contributed by atoms with E-state index in [2.05, 4.69) is 10.9 Å². The summed E-state index contributed by atoms with van der Waals surface area (Å²) in [5, 5.41) is 27.4. The molecule has 1 unspecified atom stereocenters. The molecule has 1 aromatic carbocycles. The Morgan fingerprint density at radius 2 is 1.79 bits per heavy atom. The lowest BCUT2D eigenvalue weighted by atomic mass is 10.1. The van der Waals surface area contributed by atoms with Gasteiger partial charge < -0.3 is 26.5 Å². The third-order valence-corrected chi connectivity index (χ3v) is 2.27. The van der Waals surface area contributed by atoms with Crippen LogP contribution in [0.25, 0.3) is 0 Å². The number of phenolic OH excluding ortho intramolecular Hbond substituents is 2. The van der Waals surface area contributed by atoms with Gasteiger partial charge in [-0.25, -0.2) is 5.43 Å². The van der Waals surface area contributed by atoms with Gasteiger partial charge in [-0.3, -0.25) is 9.59 Å². The Bertz CT molecular complexity index is 457. The highest BCUT2D eigenvalue weighted by molar-refractivity contribution is 5.77. The van der Waals surface area contributed by atoms with Crippen LogP contribution in [0.1, 0.15) is 12.8 Å². The number of benzene rings is 1. The number of hydrogen-bond donors (Lipinski definition) is 6. The average Bonchev–Trinajstić information content (AvgIpc) is 2.26. The number of aliphatic carboxylic acids is 1.